The number of phenolic OH excluding ortho intramolecular Hbond substituents is 1. The Balaban J connectivity index is 1.43. The molecule has 1 aliphatic heterocycles. The van der Waals surface area contributed by atoms with E-state index in [1.807, 2.05) is 31.3 Å². The number of aromatic hydroxyl groups is 1. The molecular weight excluding hydrogens is 380 g/mol. The number of nitrogens with zero attached hydrogens (tertiary/aromatic N) is 3. The van der Waals surface area contributed by atoms with E-state index in [0.29, 0.717) is 24.7 Å². The van der Waals surface area contributed by atoms with Crippen molar-refractivity contribution in [1.82, 2.24) is 20.9 Å². The number of nitrogens with one attached hydrogen (secondary N) is 3. The third-order valence-electron chi connectivity index (χ3n) is 4.95. The normalized spacial score (nSPS) is 15.0. The summed E-state index contributed by atoms with van der Waals surface area (Å²) in [7, 11) is 0. The highest BCUT2D eigenvalue weighted by Crippen LogP contribution is 2.17. The number of aromatic nitrogens is 1. The fourth-order valence-corrected chi connectivity index (χ4v) is 3.36. The monoisotopic (exact) mass is 410 g/mol. The summed E-state index contributed by atoms with van der Waals surface area (Å²) >= 11 is 0. The predicted molar refractivity (Wildman–Crippen MR) is 119 cm³/mol. The number of hydrogen-bond donors (Lipinski definition) is 4. The summed E-state index contributed by atoms with van der Waals surface area (Å²) in [6.07, 6.45) is 3.85. The average molecular weight is 411 g/mol. The lowest BCUT2D eigenvalue weighted by atomic mass is 10.1. The van der Waals surface area contributed by atoms with Crippen LogP contribution in [0.1, 0.15) is 30.1 Å². The topological polar surface area (TPSA) is 102 Å². The molecule has 4 N–H and O–H groups in total. The van der Waals surface area contributed by atoms with E-state index in [1.165, 1.54) is 12.1 Å². The number of benzene rings is 1. The Morgan fingerprint density at radius 2 is 1.93 bits per heavy atom. The highest BCUT2D eigenvalue weighted by Gasteiger charge is 2.20. The molecule has 1 fully saturated rings. The fourth-order valence-electron chi connectivity index (χ4n) is 3.36. The lowest BCUT2D eigenvalue weighted by Gasteiger charge is -2.33. The zero-order chi connectivity index (χ0) is 21.2. The zero-order valence-corrected chi connectivity index (χ0v) is 17.3. The molecule has 3 rings (SSSR count). The van der Waals surface area contributed by atoms with E-state index >= 15 is 0 Å². The quantitative estimate of drug-likeness (QED) is 0.315. The van der Waals surface area contributed by atoms with Gasteiger partial charge in [0.05, 0.1) is 6.54 Å². The molecule has 30 heavy (non-hydrogen) atoms. The number of guanidine groups is 1. The summed E-state index contributed by atoms with van der Waals surface area (Å²) in [4.78, 5) is 23.4. The average Bonchev–Trinajstić information content (AvgIpc) is 2.78. The van der Waals surface area contributed by atoms with Gasteiger partial charge in [0.1, 0.15) is 11.6 Å². The molecule has 8 heteroatoms. The minimum absolute atomic E-state index is 0.142. The van der Waals surface area contributed by atoms with Crippen molar-refractivity contribution in [3.63, 3.8) is 0 Å². The summed E-state index contributed by atoms with van der Waals surface area (Å²) in [5.74, 6) is 1.77. The second-order valence-electron chi connectivity index (χ2n) is 7.16. The molecule has 0 radical (unpaired) electrons. The van der Waals surface area contributed by atoms with Crippen LogP contribution < -0.4 is 20.9 Å². The Morgan fingerprint density at radius 1 is 1.17 bits per heavy atom. The summed E-state index contributed by atoms with van der Waals surface area (Å²) in [5, 5.41) is 18.9. The van der Waals surface area contributed by atoms with Gasteiger partial charge in [0.25, 0.3) is 5.91 Å². The van der Waals surface area contributed by atoms with Gasteiger partial charge >= 0.3 is 0 Å². The number of piperidine rings is 1. The smallest absolute Gasteiger partial charge is 0.251 e. The second kappa shape index (κ2) is 11.0. The van der Waals surface area contributed by atoms with E-state index in [-0.39, 0.29) is 11.7 Å². The number of amides is 1. The molecule has 0 saturated carbocycles. The molecule has 1 saturated heterocycles. The van der Waals surface area contributed by atoms with Gasteiger partial charge in [-0.3, -0.25) is 9.79 Å². The molecule has 0 unspecified atom stereocenters. The number of phenols is 1. The second-order valence-corrected chi connectivity index (χ2v) is 7.16. The van der Waals surface area contributed by atoms with Crippen LogP contribution in [0.25, 0.3) is 0 Å². The van der Waals surface area contributed by atoms with Gasteiger partial charge in [-0.25, -0.2) is 4.98 Å². The van der Waals surface area contributed by atoms with Crippen LogP contribution in [-0.2, 0) is 0 Å². The third-order valence-corrected chi connectivity index (χ3v) is 4.95. The Bertz CT molecular complexity index is 817. The van der Waals surface area contributed by atoms with Crippen LogP contribution in [0.5, 0.6) is 5.75 Å². The van der Waals surface area contributed by atoms with Gasteiger partial charge in [0.2, 0.25) is 0 Å². The molecular formula is C22H30N6O2. The molecule has 0 bridgehead atoms. The molecule has 1 aromatic heterocycles. The van der Waals surface area contributed by atoms with Crippen LogP contribution in [0, 0.1) is 0 Å². The maximum absolute atomic E-state index is 12.1. The number of hydrogen-bond acceptors (Lipinski definition) is 5. The predicted octanol–water partition coefficient (Wildman–Crippen LogP) is 1.74. The van der Waals surface area contributed by atoms with Gasteiger partial charge in [-0.1, -0.05) is 6.07 Å². The highest BCUT2D eigenvalue weighted by atomic mass is 16.3. The van der Waals surface area contributed by atoms with Crippen molar-refractivity contribution in [2.75, 3.05) is 37.6 Å². The van der Waals surface area contributed by atoms with Crippen LogP contribution >= 0.6 is 0 Å². The summed E-state index contributed by atoms with van der Waals surface area (Å²) in [6, 6.07) is 12.5. The number of aliphatic imine (C=N–C) groups is 1. The van der Waals surface area contributed by atoms with E-state index in [9.17, 15) is 9.90 Å². The van der Waals surface area contributed by atoms with Gasteiger partial charge in [-0.05, 0) is 56.2 Å². The van der Waals surface area contributed by atoms with E-state index in [4.69, 9.17) is 0 Å². The van der Waals surface area contributed by atoms with Crippen molar-refractivity contribution in [3.8, 4) is 5.75 Å². The van der Waals surface area contributed by atoms with Gasteiger partial charge in [0.15, 0.2) is 5.96 Å². The first-order valence-electron chi connectivity index (χ1n) is 10.4. The number of carbonyl (C=O) groups is 1. The van der Waals surface area contributed by atoms with Crippen LogP contribution in [0.4, 0.5) is 5.82 Å². The SMILES string of the molecule is CCNC(=NCCNC(=O)c1ccc(O)cc1)NC1CCN(c2ccccn2)CC1. The molecule has 1 amide bonds. The summed E-state index contributed by atoms with van der Waals surface area (Å²) in [5.41, 5.74) is 0.515. The highest BCUT2D eigenvalue weighted by molar-refractivity contribution is 5.94. The van der Waals surface area contributed by atoms with E-state index in [1.54, 1.807) is 12.1 Å². The first-order chi connectivity index (χ1) is 14.7. The van der Waals surface area contributed by atoms with Crippen LogP contribution in [0.2, 0.25) is 0 Å². The van der Waals surface area contributed by atoms with Crippen molar-refractivity contribution < 1.29 is 9.90 Å². The maximum Gasteiger partial charge on any atom is 0.251 e. The van der Waals surface area contributed by atoms with E-state index in [2.05, 4.69) is 30.8 Å². The van der Waals surface area contributed by atoms with E-state index in [0.717, 1.165) is 44.3 Å². The van der Waals surface area contributed by atoms with Gasteiger partial charge < -0.3 is 26.0 Å². The minimum Gasteiger partial charge on any atom is -0.508 e. The molecule has 0 spiro atoms. The largest absolute Gasteiger partial charge is 0.508 e. The number of rotatable bonds is 7. The van der Waals surface area contributed by atoms with Crippen LogP contribution in [0.15, 0.2) is 53.7 Å². The van der Waals surface area contributed by atoms with Crippen molar-refractivity contribution in [2.45, 2.75) is 25.8 Å². The number of carbonyl (C=O) groups excluding carboxylic acids is 1. The molecule has 160 valence electrons. The Kier molecular flexibility index (Phi) is 7.88. The minimum atomic E-state index is -0.176. The standard InChI is InChI=1S/C22H30N6O2/c1-2-23-22(26-14-13-25-21(30)17-6-8-19(29)9-7-17)27-18-10-15-28(16-11-18)20-5-3-4-12-24-20/h3-9,12,18,29H,2,10-11,13-16H2,1H3,(H,25,30)(H2,23,26,27). The first-order valence-corrected chi connectivity index (χ1v) is 10.4. The number of pyridine rings is 1. The fraction of sp³-hybridized carbons (Fsp3) is 0.409. The van der Waals surface area contributed by atoms with Crippen molar-refractivity contribution >= 4 is 17.7 Å². The Hall–Kier alpha value is -3.29. The number of anilines is 1. The molecule has 1 aromatic carbocycles. The van der Waals surface area contributed by atoms with E-state index < -0.39 is 0 Å². The first kappa shape index (κ1) is 21.4. The molecule has 0 atom stereocenters. The van der Waals surface area contributed by atoms with Crippen LogP contribution in [-0.4, -0.2) is 60.7 Å². The molecule has 0 aliphatic carbocycles. The zero-order valence-electron chi connectivity index (χ0n) is 17.3. The third kappa shape index (κ3) is 6.37. The van der Waals surface area contributed by atoms with Gasteiger partial charge in [-0.15, -0.1) is 0 Å². The molecule has 1 aliphatic rings. The lowest BCUT2D eigenvalue weighted by Crippen LogP contribution is -2.49. The van der Waals surface area contributed by atoms with Crippen LogP contribution in [0.3, 0.4) is 0 Å². The molecule has 2 aromatic rings. The summed E-state index contributed by atoms with van der Waals surface area (Å²) in [6.45, 7) is 5.64. The van der Waals surface area contributed by atoms with Gasteiger partial charge in [0, 0.05) is 44.0 Å². The molecule has 2 heterocycles. The van der Waals surface area contributed by atoms with Gasteiger partial charge in [-0.2, -0.15) is 0 Å². The maximum atomic E-state index is 12.1. The van der Waals surface area contributed by atoms with Crippen molar-refractivity contribution in [1.29, 1.82) is 0 Å². The summed E-state index contributed by atoms with van der Waals surface area (Å²) < 4.78 is 0. The Labute approximate surface area is 177 Å². The van der Waals surface area contributed by atoms with Crippen molar-refractivity contribution in [3.05, 3.63) is 54.2 Å². The van der Waals surface area contributed by atoms with Crippen molar-refractivity contribution in [2.24, 2.45) is 4.99 Å². The Morgan fingerprint density at radius 3 is 2.60 bits per heavy atom. The lowest BCUT2D eigenvalue weighted by molar-refractivity contribution is 0.0955. The molecule has 8 nitrogen and oxygen atoms in total.